The standard InChI is InChI=1S/C17H16Cl2N2O4S/c1-3-26(24)14-7-5-4-6-12(14)17(23)25-10(2)16(22)21-15-13(19)8-11(18)9-20-15/h4-10H,3H2,1-2H3,(H,20,21,22)/t10-,26-/m0/s1. The van der Waals surface area contributed by atoms with Gasteiger partial charge in [-0.25, -0.2) is 9.78 Å². The summed E-state index contributed by atoms with van der Waals surface area (Å²) < 4.78 is 17.2. The van der Waals surface area contributed by atoms with Gasteiger partial charge in [0.15, 0.2) is 11.9 Å². The summed E-state index contributed by atoms with van der Waals surface area (Å²) in [4.78, 5) is 28.9. The molecule has 0 aliphatic heterocycles. The lowest BCUT2D eigenvalue weighted by Gasteiger charge is -2.15. The molecule has 0 fully saturated rings. The maximum absolute atomic E-state index is 12.4. The number of carbonyl (C=O) groups is 2. The molecule has 0 spiro atoms. The van der Waals surface area contributed by atoms with E-state index in [0.717, 1.165) is 0 Å². The second-order valence-corrected chi connectivity index (χ2v) is 7.70. The molecule has 0 unspecified atom stereocenters. The van der Waals surface area contributed by atoms with E-state index in [1.165, 1.54) is 25.3 Å². The van der Waals surface area contributed by atoms with Gasteiger partial charge in [-0.3, -0.25) is 9.00 Å². The molecule has 1 aromatic carbocycles. The number of aromatic nitrogens is 1. The van der Waals surface area contributed by atoms with E-state index in [-0.39, 0.29) is 16.4 Å². The van der Waals surface area contributed by atoms with Gasteiger partial charge >= 0.3 is 5.97 Å². The van der Waals surface area contributed by atoms with Crippen LogP contribution in [0.2, 0.25) is 10.0 Å². The molecule has 2 rings (SSSR count). The minimum absolute atomic E-state index is 0.108. The summed E-state index contributed by atoms with van der Waals surface area (Å²) in [7, 11) is -1.33. The average Bonchev–Trinajstić information content (AvgIpc) is 2.63. The average molecular weight is 415 g/mol. The Morgan fingerprint density at radius 3 is 2.65 bits per heavy atom. The van der Waals surface area contributed by atoms with Crippen LogP contribution >= 0.6 is 23.2 Å². The van der Waals surface area contributed by atoms with Gasteiger partial charge in [0.25, 0.3) is 5.91 Å². The SMILES string of the molecule is CC[S@](=O)c1ccccc1C(=O)O[C@@H](C)C(=O)Nc1ncc(Cl)cc1Cl. The van der Waals surface area contributed by atoms with Crippen LogP contribution in [0.3, 0.4) is 0 Å². The molecule has 9 heteroatoms. The van der Waals surface area contributed by atoms with Gasteiger partial charge in [-0.1, -0.05) is 42.3 Å². The number of ether oxygens (including phenoxy) is 1. The zero-order chi connectivity index (χ0) is 19.3. The lowest BCUT2D eigenvalue weighted by molar-refractivity contribution is -0.123. The van der Waals surface area contributed by atoms with Crippen LogP contribution in [0.1, 0.15) is 24.2 Å². The van der Waals surface area contributed by atoms with Gasteiger partial charge < -0.3 is 10.1 Å². The first-order valence-corrected chi connectivity index (χ1v) is 9.71. The summed E-state index contributed by atoms with van der Waals surface area (Å²) in [6.07, 6.45) is 0.218. The van der Waals surface area contributed by atoms with E-state index in [1.54, 1.807) is 25.1 Å². The highest BCUT2D eigenvalue weighted by Gasteiger charge is 2.23. The topological polar surface area (TPSA) is 85.4 Å². The Labute approximate surface area is 163 Å². The quantitative estimate of drug-likeness (QED) is 0.728. The number of anilines is 1. The van der Waals surface area contributed by atoms with Crippen LogP contribution in [-0.2, 0) is 20.3 Å². The van der Waals surface area contributed by atoms with Crippen LogP contribution in [0.4, 0.5) is 5.82 Å². The predicted octanol–water partition coefficient (Wildman–Crippen LogP) is 3.70. The summed E-state index contributed by atoms with van der Waals surface area (Å²) in [6.45, 7) is 3.16. The van der Waals surface area contributed by atoms with Crippen LogP contribution in [-0.4, -0.2) is 32.9 Å². The minimum atomic E-state index is -1.33. The van der Waals surface area contributed by atoms with Gasteiger partial charge in [-0.15, -0.1) is 0 Å². The predicted molar refractivity (Wildman–Crippen MR) is 101 cm³/mol. The van der Waals surface area contributed by atoms with Crippen molar-refractivity contribution in [3.05, 3.63) is 52.1 Å². The molecular weight excluding hydrogens is 399 g/mol. The molecule has 0 radical (unpaired) electrons. The van der Waals surface area contributed by atoms with Crippen molar-refractivity contribution >= 4 is 51.7 Å². The van der Waals surface area contributed by atoms with Gasteiger partial charge in [0.05, 0.1) is 31.3 Å². The molecule has 1 amide bonds. The van der Waals surface area contributed by atoms with E-state index in [2.05, 4.69) is 10.3 Å². The molecule has 2 atom stereocenters. The Kier molecular flexibility index (Phi) is 7.14. The molecule has 0 saturated carbocycles. The molecule has 0 saturated heterocycles. The fourth-order valence-electron chi connectivity index (χ4n) is 1.99. The number of hydrogen-bond acceptors (Lipinski definition) is 5. The second kappa shape index (κ2) is 9.12. The van der Waals surface area contributed by atoms with Crippen LogP contribution < -0.4 is 5.32 Å². The van der Waals surface area contributed by atoms with Gasteiger partial charge in [-0.2, -0.15) is 0 Å². The Bertz CT molecular complexity index is 860. The summed E-state index contributed by atoms with van der Waals surface area (Å²) in [5, 5.41) is 2.95. The lowest BCUT2D eigenvalue weighted by Crippen LogP contribution is -2.30. The smallest absolute Gasteiger partial charge is 0.340 e. The monoisotopic (exact) mass is 414 g/mol. The van der Waals surface area contributed by atoms with Gasteiger partial charge in [0.2, 0.25) is 0 Å². The first-order valence-electron chi connectivity index (χ1n) is 7.63. The van der Waals surface area contributed by atoms with Crippen molar-refractivity contribution in [3.8, 4) is 0 Å². The zero-order valence-electron chi connectivity index (χ0n) is 14.0. The summed E-state index contributed by atoms with van der Waals surface area (Å²) in [6, 6.07) is 7.85. The fraction of sp³-hybridized carbons (Fsp3) is 0.235. The number of esters is 1. The third-order valence-electron chi connectivity index (χ3n) is 3.32. The molecule has 1 aromatic heterocycles. The van der Waals surface area contributed by atoms with Crippen molar-refractivity contribution < 1.29 is 18.5 Å². The molecule has 0 aliphatic carbocycles. The number of hydrogen-bond donors (Lipinski definition) is 1. The van der Waals surface area contributed by atoms with Crippen molar-refractivity contribution in [2.45, 2.75) is 24.8 Å². The van der Waals surface area contributed by atoms with Crippen molar-refractivity contribution in [2.75, 3.05) is 11.1 Å². The fourth-order valence-corrected chi connectivity index (χ4v) is 3.36. The molecule has 26 heavy (non-hydrogen) atoms. The molecule has 1 heterocycles. The summed E-state index contributed by atoms with van der Waals surface area (Å²) >= 11 is 11.7. The highest BCUT2D eigenvalue weighted by molar-refractivity contribution is 7.85. The van der Waals surface area contributed by atoms with Gasteiger partial charge in [-0.05, 0) is 25.1 Å². The number of nitrogens with zero attached hydrogens (tertiary/aromatic N) is 1. The first-order chi connectivity index (χ1) is 12.3. The molecule has 2 aromatic rings. The molecule has 0 aliphatic rings. The summed E-state index contributed by atoms with van der Waals surface area (Å²) in [5.74, 6) is -0.873. The van der Waals surface area contributed by atoms with Crippen LogP contribution in [0.5, 0.6) is 0 Å². The molecule has 1 N–H and O–H groups in total. The Balaban J connectivity index is 2.09. The number of pyridine rings is 1. The van der Waals surface area contributed by atoms with Crippen molar-refractivity contribution in [3.63, 3.8) is 0 Å². The summed E-state index contributed by atoms with van der Waals surface area (Å²) in [5.41, 5.74) is 0.162. The van der Waals surface area contributed by atoms with E-state index in [1.807, 2.05) is 0 Å². The maximum Gasteiger partial charge on any atom is 0.340 e. The van der Waals surface area contributed by atoms with E-state index in [0.29, 0.717) is 15.7 Å². The number of carbonyl (C=O) groups excluding carboxylic acids is 2. The second-order valence-electron chi connectivity index (χ2n) is 5.15. The normalized spacial score (nSPS) is 12.9. The molecule has 138 valence electrons. The molecule has 6 nitrogen and oxygen atoms in total. The number of rotatable bonds is 6. The van der Waals surface area contributed by atoms with Crippen LogP contribution in [0, 0.1) is 0 Å². The van der Waals surface area contributed by atoms with Crippen LogP contribution in [0.15, 0.2) is 41.4 Å². The van der Waals surface area contributed by atoms with E-state index >= 15 is 0 Å². The minimum Gasteiger partial charge on any atom is -0.449 e. The van der Waals surface area contributed by atoms with Gasteiger partial charge in [0.1, 0.15) is 0 Å². The van der Waals surface area contributed by atoms with Crippen LogP contribution in [0.25, 0.3) is 0 Å². The maximum atomic E-state index is 12.4. The Morgan fingerprint density at radius 1 is 1.31 bits per heavy atom. The lowest BCUT2D eigenvalue weighted by atomic mass is 10.2. The first kappa shape index (κ1) is 20.4. The number of halogens is 2. The Morgan fingerprint density at radius 2 is 2.00 bits per heavy atom. The third-order valence-corrected chi connectivity index (χ3v) is 5.18. The van der Waals surface area contributed by atoms with Gasteiger partial charge in [0, 0.05) is 11.9 Å². The zero-order valence-corrected chi connectivity index (χ0v) is 16.3. The Hall–Kier alpha value is -1.96. The molecule has 0 bridgehead atoms. The number of amides is 1. The van der Waals surface area contributed by atoms with Crippen molar-refractivity contribution in [1.82, 2.24) is 4.98 Å². The van der Waals surface area contributed by atoms with E-state index in [4.69, 9.17) is 27.9 Å². The largest absolute Gasteiger partial charge is 0.449 e. The van der Waals surface area contributed by atoms with Crippen molar-refractivity contribution in [1.29, 1.82) is 0 Å². The third kappa shape index (κ3) is 5.03. The number of nitrogens with one attached hydrogen (secondary N) is 1. The highest BCUT2D eigenvalue weighted by atomic mass is 35.5. The molecular formula is C17H16Cl2N2O4S. The van der Waals surface area contributed by atoms with Crippen molar-refractivity contribution in [2.24, 2.45) is 0 Å². The van der Waals surface area contributed by atoms with E-state index in [9.17, 15) is 13.8 Å². The highest BCUT2D eigenvalue weighted by Crippen LogP contribution is 2.23. The van der Waals surface area contributed by atoms with E-state index < -0.39 is 28.8 Å². The number of benzene rings is 1.